The lowest BCUT2D eigenvalue weighted by Gasteiger charge is -2.30. The summed E-state index contributed by atoms with van der Waals surface area (Å²) in [6, 6.07) is -0.174. The van der Waals surface area contributed by atoms with Crippen LogP contribution in [0.1, 0.15) is 25.7 Å². The van der Waals surface area contributed by atoms with Crippen molar-refractivity contribution in [2.45, 2.75) is 31.7 Å². The number of nitrogens with zero attached hydrogens (tertiary/aromatic N) is 4. The molecule has 0 aromatic carbocycles. The van der Waals surface area contributed by atoms with Crippen molar-refractivity contribution >= 4 is 11.9 Å². The van der Waals surface area contributed by atoms with Gasteiger partial charge in [0.2, 0.25) is 5.91 Å². The summed E-state index contributed by atoms with van der Waals surface area (Å²) in [6.45, 7) is 1.03. The molecule has 1 aliphatic rings. The molecule has 16 heavy (non-hydrogen) atoms. The highest BCUT2D eigenvalue weighted by molar-refractivity contribution is 5.80. The molecule has 1 amide bonds. The maximum Gasteiger partial charge on any atom is 0.303 e. The molecule has 7 heteroatoms. The first-order chi connectivity index (χ1) is 7.63. The number of likely N-dealkylation sites (tertiary alicyclic amines) is 1. The van der Waals surface area contributed by atoms with Crippen LogP contribution in [-0.4, -0.2) is 41.0 Å². The summed E-state index contributed by atoms with van der Waals surface area (Å²) in [7, 11) is 0. The summed E-state index contributed by atoms with van der Waals surface area (Å²) in [5, 5.41) is 12.0. The number of aliphatic carboxylic acids is 1. The quantitative estimate of drug-likeness (QED) is 0.441. The monoisotopic (exact) mass is 226 g/mol. The van der Waals surface area contributed by atoms with Crippen LogP contribution in [0.3, 0.4) is 0 Å². The van der Waals surface area contributed by atoms with Gasteiger partial charge in [-0.05, 0) is 18.4 Å². The van der Waals surface area contributed by atoms with Gasteiger partial charge in [-0.15, -0.1) is 0 Å². The number of piperidine rings is 1. The highest BCUT2D eigenvalue weighted by atomic mass is 16.4. The lowest BCUT2D eigenvalue weighted by atomic mass is 10.1. The Hall–Kier alpha value is -1.75. The summed E-state index contributed by atoms with van der Waals surface area (Å²) >= 11 is 0. The van der Waals surface area contributed by atoms with Crippen molar-refractivity contribution in [3.63, 3.8) is 0 Å². The van der Waals surface area contributed by atoms with Gasteiger partial charge in [0.05, 0.1) is 12.5 Å². The molecule has 0 radical (unpaired) electrons. The zero-order valence-electron chi connectivity index (χ0n) is 8.87. The van der Waals surface area contributed by atoms with Crippen molar-refractivity contribution in [3.05, 3.63) is 10.4 Å². The molecule has 1 unspecified atom stereocenters. The second kappa shape index (κ2) is 5.97. The molecule has 0 aliphatic carbocycles. The number of carbonyl (C=O) groups excluding carboxylic acids is 1. The number of hydrogen-bond donors (Lipinski definition) is 1. The minimum atomic E-state index is -0.975. The van der Waals surface area contributed by atoms with E-state index in [2.05, 4.69) is 10.0 Å². The van der Waals surface area contributed by atoms with Crippen LogP contribution in [0.15, 0.2) is 5.11 Å². The van der Waals surface area contributed by atoms with E-state index in [9.17, 15) is 9.59 Å². The fraction of sp³-hybridized carbons (Fsp3) is 0.778. The molecule has 0 aromatic rings. The molecule has 1 aliphatic heterocycles. The summed E-state index contributed by atoms with van der Waals surface area (Å²) in [6.07, 6.45) is 1.44. The van der Waals surface area contributed by atoms with Crippen molar-refractivity contribution in [2.24, 2.45) is 5.11 Å². The summed E-state index contributed by atoms with van der Waals surface area (Å²) in [4.78, 5) is 26.2. The first kappa shape index (κ1) is 12.3. The molecule has 88 valence electrons. The Morgan fingerprint density at radius 1 is 1.50 bits per heavy atom. The van der Waals surface area contributed by atoms with Gasteiger partial charge in [-0.1, -0.05) is 5.11 Å². The minimum Gasteiger partial charge on any atom is -0.481 e. The lowest BCUT2D eigenvalue weighted by molar-refractivity contribution is -0.141. The molecule has 1 rings (SSSR count). The topological polar surface area (TPSA) is 106 Å². The van der Waals surface area contributed by atoms with Gasteiger partial charge in [0.1, 0.15) is 0 Å². The Morgan fingerprint density at radius 2 is 2.25 bits per heavy atom. The molecule has 1 atom stereocenters. The van der Waals surface area contributed by atoms with Crippen LogP contribution in [0, 0.1) is 0 Å². The van der Waals surface area contributed by atoms with E-state index in [-0.39, 0.29) is 24.8 Å². The molecule has 7 nitrogen and oxygen atoms in total. The van der Waals surface area contributed by atoms with Crippen LogP contribution in [0.4, 0.5) is 0 Å². The fourth-order valence-corrected chi connectivity index (χ4v) is 1.72. The molecular formula is C9H14N4O3. The van der Waals surface area contributed by atoms with E-state index in [1.807, 2.05) is 0 Å². The van der Waals surface area contributed by atoms with E-state index in [4.69, 9.17) is 10.6 Å². The Kier molecular flexibility index (Phi) is 4.60. The Bertz CT molecular complexity index is 325. The van der Waals surface area contributed by atoms with Crippen LogP contribution in [0.5, 0.6) is 0 Å². The number of carbonyl (C=O) groups is 2. The zero-order chi connectivity index (χ0) is 12.0. The van der Waals surface area contributed by atoms with Crippen molar-refractivity contribution in [3.8, 4) is 0 Å². The largest absolute Gasteiger partial charge is 0.481 e. The zero-order valence-corrected chi connectivity index (χ0v) is 8.87. The third-order valence-electron chi connectivity index (χ3n) is 2.52. The Labute approximate surface area is 92.7 Å². The maximum atomic E-state index is 11.6. The molecule has 1 saturated heterocycles. The van der Waals surface area contributed by atoms with Gasteiger partial charge in [0.15, 0.2) is 0 Å². The van der Waals surface area contributed by atoms with E-state index in [1.54, 1.807) is 4.90 Å². The maximum absolute atomic E-state index is 11.6. The second-order valence-corrected chi connectivity index (χ2v) is 3.73. The van der Waals surface area contributed by atoms with Gasteiger partial charge in [0.25, 0.3) is 0 Å². The second-order valence-electron chi connectivity index (χ2n) is 3.73. The number of amides is 1. The molecule has 1 N–H and O–H groups in total. The molecule has 1 heterocycles. The average molecular weight is 226 g/mol. The van der Waals surface area contributed by atoms with Crippen LogP contribution >= 0.6 is 0 Å². The normalized spacial score (nSPS) is 20.0. The van der Waals surface area contributed by atoms with E-state index in [1.165, 1.54) is 0 Å². The van der Waals surface area contributed by atoms with E-state index in [0.29, 0.717) is 13.1 Å². The third-order valence-corrected chi connectivity index (χ3v) is 2.52. The molecule has 0 spiro atoms. The standard InChI is InChI=1S/C9H14N4O3/c10-12-11-7-2-1-5-13(6-7)8(14)3-4-9(15)16/h7H,1-6H2,(H,15,16). The predicted molar refractivity (Wildman–Crippen MR) is 55.6 cm³/mol. The fourth-order valence-electron chi connectivity index (χ4n) is 1.72. The van der Waals surface area contributed by atoms with Crippen LogP contribution < -0.4 is 0 Å². The van der Waals surface area contributed by atoms with Crippen molar-refractivity contribution in [1.82, 2.24) is 4.90 Å². The summed E-state index contributed by atoms with van der Waals surface area (Å²) in [5.74, 6) is -1.16. The Balaban J connectivity index is 2.43. The smallest absolute Gasteiger partial charge is 0.303 e. The Morgan fingerprint density at radius 3 is 2.88 bits per heavy atom. The third kappa shape index (κ3) is 3.78. The SMILES string of the molecule is [N-]=[N+]=NC1CCCN(C(=O)CCC(=O)O)C1. The summed E-state index contributed by atoms with van der Waals surface area (Å²) < 4.78 is 0. The predicted octanol–water partition coefficient (Wildman–Crippen LogP) is 1.15. The average Bonchev–Trinajstić information content (AvgIpc) is 2.26. The number of hydrogen-bond acceptors (Lipinski definition) is 3. The number of carboxylic acids is 1. The van der Waals surface area contributed by atoms with Gasteiger partial charge in [-0.3, -0.25) is 9.59 Å². The number of carboxylic acid groups (broad SMARTS) is 1. The van der Waals surface area contributed by atoms with Gasteiger partial charge in [-0.25, -0.2) is 0 Å². The molecule has 0 bridgehead atoms. The number of rotatable bonds is 4. The van der Waals surface area contributed by atoms with E-state index < -0.39 is 5.97 Å². The lowest BCUT2D eigenvalue weighted by Crippen LogP contribution is -2.41. The molecule has 0 aromatic heterocycles. The molecule has 1 fully saturated rings. The van der Waals surface area contributed by atoms with Crippen molar-refractivity contribution in [2.75, 3.05) is 13.1 Å². The molecule has 0 saturated carbocycles. The van der Waals surface area contributed by atoms with Crippen LogP contribution in [-0.2, 0) is 9.59 Å². The van der Waals surface area contributed by atoms with Crippen LogP contribution in [0.2, 0.25) is 0 Å². The van der Waals surface area contributed by atoms with Gasteiger partial charge < -0.3 is 10.0 Å². The summed E-state index contributed by atoms with van der Waals surface area (Å²) in [5.41, 5.74) is 8.30. The van der Waals surface area contributed by atoms with Gasteiger partial charge in [0, 0.05) is 24.4 Å². The van der Waals surface area contributed by atoms with Gasteiger partial charge in [-0.2, -0.15) is 0 Å². The first-order valence-electron chi connectivity index (χ1n) is 5.17. The van der Waals surface area contributed by atoms with Crippen molar-refractivity contribution in [1.29, 1.82) is 0 Å². The molecular weight excluding hydrogens is 212 g/mol. The highest BCUT2D eigenvalue weighted by Gasteiger charge is 2.22. The number of azide groups is 1. The van der Waals surface area contributed by atoms with E-state index in [0.717, 1.165) is 12.8 Å². The first-order valence-corrected chi connectivity index (χ1v) is 5.17. The van der Waals surface area contributed by atoms with Crippen molar-refractivity contribution < 1.29 is 14.7 Å². The highest BCUT2D eigenvalue weighted by Crippen LogP contribution is 2.14. The van der Waals surface area contributed by atoms with E-state index >= 15 is 0 Å². The minimum absolute atomic E-state index is 0.0122. The van der Waals surface area contributed by atoms with Crippen LogP contribution in [0.25, 0.3) is 10.4 Å². The van der Waals surface area contributed by atoms with Gasteiger partial charge >= 0.3 is 5.97 Å².